The first kappa shape index (κ1) is 32.4. The van der Waals surface area contributed by atoms with Crippen LogP contribution in [0.15, 0.2) is 24.3 Å². The lowest BCUT2D eigenvalue weighted by molar-refractivity contribution is -0.134. The van der Waals surface area contributed by atoms with E-state index in [0.717, 1.165) is 24.8 Å². The Bertz CT molecular complexity index is 802. The number of rotatable bonds is 20. The van der Waals surface area contributed by atoms with Crippen LogP contribution in [0.1, 0.15) is 52.0 Å². The van der Waals surface area contributed by atoms with Crippen LogP contribution in [0.25, 0.3) is 6.08 Å². The molecule has 1 amide bonds. The van der Waals surface area contributed by atoms with Crippen LogP contribution in [0.3, 0.4) is 0 Å². The fraction of sp³-hybridized carbons (Fsp3) is 0.615. The molecule has 10 nitrogen and oxygen atoms in total. The third-order valence-electron chi connectivity index (χ3n) is 5.10. The van der Waals surface area contributed by atoms with E-state index < -0.39 is 20.9 Å². The quantitative estimate of drug-likeness (QED) is 0.110. The maximum atomic E-state index is 11.9. The highest BCUT2D eigenvalue weighted by molar-refractivity contribution is 6.60. The van der Waals surface area contributed by atoms with Crippen molar-refractivity contribution in [2.45, 2.75) is 52.5 Å². The molecule has 0 bridgehead atoms. The molecule has 37 heavy (non-hydrogen) atoms. The highest BCUT2D eigenvalue weighted by Gasteiger charge is 2.39. The predicted octanol–water partition coefficient (Wildman–Crippen LogP) is 4.60. The van der Waals surface area contributed by atoms with Gasteiger partial charge in [-0.05, 0) is 70.2 Å². The van der Waals surface area contributed by atoms with Gasteiger partial charge in [0.25, 0.3) is 0 Å². The minimum atomic E-state index is -2.69. The molecule has 1 N–H and O–H groups in total. The van der Waals surface area contributed by atoms with E-state index in [1.54, 1.807) is 25.3 Å². The Morgan fingerprint density at radius 2 is 1.57 bits per heavy atom. The number of hydrogen-bond donors (Lipinski definition) is 1. The van der Waals surface area contributed by atoms with Crippen LogP contribution in [0.5, 0.6) is 11.5 Å². The summed E-state index contributed by atoms with van der Waals surface area (Å²) in [4.78, 5) is 23.2. The second-order valence-electron chi connectivity index (χ2n) is 7.82. The molecule has 210 valence electrons. The zero-order valence-electron chi connectivity index (χ0n) is 22.8. The van der Waals surface area contributed by atoms with Crippen LogP contribution in [0.2, 0.25) is 6.04 Å². The van der Waals surface area contributed by atoms with Crippen molar-refractivity contribution in [3.05, 3.63) is 29.8 Å². The topological polar surface area (TPSA) is 111 Å². The number of nitrogens with one attached hydrogen (secondary N) is 1. The SMILES string of the molecule is CCO[Si](CCCNC(=O)OCCCCCOc1ccc(/C=C/C(=O)OC)cc1OC)(OCC)OCC. The van der Waals surface area contributed by atoms with Crippen molar-refractivity contribution in [1.82, 2.24) is 5.32 Å². The van der Waals surface area contributed by atoms with Crippen LogP contribution in [0.4, 0.5) is 4.79 Å². The maximum absolute atomic E-state index is 11.9. The van der Waals surface area contributed by atoms with Gasteiger partial charge >= 0.3 is 20.9 Å². The van der Waals surface area contributed by atoms with Crippen molar-refractivity contribution in [1.29, 1.82) is 0 Å². The Kier molecular flexibility index (Phi) is 17.1. The highest BCUT2D eigenvalue weighted by Crippen LogP contribution is 2.28. The van der Waals surface area contributed by atoms with Crippen molar-refractivity contribution in [2.24, 2.45) is 0 Å². The molecule has 0 atom stereocenters. The number of amides is 1. The minimum absolute atomic E-state index is 0.339. The number of alkyl carbamates (subject to hydrolysis) is 1. The number of methoxy groups -OCH3 is 2. The number of carbonyl (C=O) groups is 2. The van der Waals surface area contributed by atoms with Crippen LogP contribution in [-0.4, -0.2) is 74.7 Å². The lowest BCUT2D eigenvalue weighted by Gasteiger charge is -2.28. The van der Waals surface area contributed by atoms with E-state index in [2.05, 4.69) is 10.1 Å². The largest absolute Gasteiger partial charge is 0.500 e. The van der Waals surface area contributed by atoms with Gasteiger partial charge in [0.15, 0.2) is 11.5 Å². The number of ether oxygens (including phenoxy) is 4. The molecule has 0 heterocycles. The number of unbranched alkanes of at least 4 members (excludes halogenated alkanes) is 2. The average Bonchev–Trinajstić information content (AvgIpc) is 2.90. The zero-order valence-corrected chi connectivity index (χ0v) is 23.8. The van der Waals surface area contributed by atoms with Gasteiger partial charge in [-0.25, -0.2) is 9.59 Å². The van der Waals surface area contributed by atoms with E-state index in [-0.39, 0.29) is 0 Å². The third-order valence-corrected chi connectivity index (χ3v) is 8.25. The summed E-state index contributed by atoms with van der Waals surface area (Å²) in [5, 5.41) is 2.77. The Balaban J connectivity index is 2.23. The molecule has 11 heteroatoms. The first-order chi connectivity index (χ1) is 17.9. The maximum Gasteiger partial charge on any atom is 0.500 e. The summed E-state index contributed by atoms with van der Waals surface area (Å²) in [5.74, 6) is 0.778. The summed E-state index contributed by atoms with van der Waals surface area (Å²) in [6, 6.07) is 6.05. The Hall–Kier alpha value is -2.60. The molecule has 0 radical (unpaired) electrons. The van der Waals surface area contributed by atoms with Crippen molar-refractivity contribution in [3.8, 4) is 11.5 Å². The normalized spacial score (nSPS) is 11.4. The number of carbonyl (C=O) groups excluding carboxylic acids is 2. The lowest BCUT2D eigenvalue weighted by Crippen LogP contribution is -2.46. The summed E-state index contributed by atoms with van der Waals surface area (Å²) in [7, 11) is 0.206. The Morgan fingerprint density at radius 1 is 0.892 bits per heavy atom. The molecule has 1 aromatic carbocycles. The van der Waals surface area contributed by atoms with Crippen LogP contribution >= 0.6 is 0 Å². The molecule has 0 fully saturated rings. The van der Waals surface area contributed by atoms with Crippen LogP contribution in [-0.2, 0) is 27.5 Å². The van der Waals surface area contributed by atoms with Crippen molar-refractivity contribution in [2.75, 3.05) is 53.8 Å². The molecule has 0 aliphatic carbocycles. The Morgan fingerprint density at radius 3 is 2.19 bits per heavy atom. The summed E-state index contributed by atoms with van der Waals surface area (Å²) in [5.41, 5.74) is 0.796. The molecule has 0 unspecified atom stereocenters. The molecule has 0 aromatic heterocycles. The van der Waals surface area contributed by atoms with E-state index in [9.17, 15) is 9.59 Å². The smallest absolute Gasteiger partial charge is 0.493 e. The van der Waals surface area contributed by atoms with Crippen molar-refractivity contribution in [3.63, 3.8) is 0 Å². The summed E-state index contributed by atoms with van der Waals surface area (Å²) < 4.78 is 38.5. The van der Waals surface area contributed by atoms with Gasteiger partial charge in [0.05, 0.1) is 27.4 Å². The zero-order chi connectivity index (χ0) is 27.4. The second kappa shape index (κ2) is 19.5. The Labute approximate surface area is 221 Å². The minimum Gasteiger partial charge on any atom is -0.493 e. The van der Waals surface area contributed by atoms with E-state index >= 15 is 0 Å². The molecule has 1 rings (SSSR count). The molecule has 0 aliphatic rings. The molecule has 0 spiro atoms. The molecular weight excluding hydrogens is 498 g/mol. The summed E-state index contributed by atoms with van der Waals surface area (Å²) in [6.07, 6.45) is 5.63. The van der Waals surface area contributed by atoms with E-state index in [1.165, 1.54) is 13.2 Å². The molecular formula is C26H43NO9Si. The number of esters is 1. The number of hydrogen-bond acceptors (Lipinski definition) is 9. The fourth-order valence-electron chi connectivity index (χ4n) is 3.41. The van der Waals surface area contributed by atoms with Crippen molar-refractivity contribution < 1.29 is 41.8 Å². The van der Waals surface area contributed by atoms with Gasteiger partial charge in [0.1, 0.15) is 0 Å². The van der Waals surface area contributed by atoms with Gasteiger partial charge in [-0.3, -0.25) is 0 Å². The fourth-order valence-corrected chi connectivity index (χ4v) is 6.03. The summed E-state index contributed by atoms with van der Waals surface area (Å²) >= 11 is 0. The van der Waals surface area contributed by atoms with Gasteiger partial charge in [0, 0.05) is 38.5 Å². The van der Waals surface area contributed by atoms with E-state index in [4.69, 9.17) is 27.5 Å². The van der Waals surface area contributed by atoms with Gasteiger partial charge in [0.2, 0.25) is 0 Å². The van der Waals surface area contributed by atoms with Crippen LogP contribution in [0, 0.1) is 0 Å². The van der Waals surface area contributed by atoms with Gasteiger partial charge in [-0.2, -0.15) is 0 Å². The second-order valence-corrected chi connectivity index (χ2v) is 10.6. The molecule has 1 aromatic rings. The van der Waals surface area contributed by atoms with Crippen LogP contribution < -0.4 is 14.8 Å². The first-order valence-electron chi connectivity index (χ1n) is 12.8. The van der Waals surface area contributed by atoms with Gasteiger partial charge in [-0.15, -0.1) is 0 Å². The van der Waals surface area contributed by atoms with Gasteiger partial charge < -0.3 is 37.5 Å². The first-order valence-corrected chi connectivity index (χ1v) is 14.8. The standard InChI is InChI=1S/C26H43NO9Si/c1-6-34-37(35-7-2,36-8-3)20-12-17-27-26(29)33-19-11-9-10-18-32-23-15-13-22(21-24(23)30-4)14-16-25(28)31-5/h13-16,21H,6-12,17-20H2,1-5H3,(H,27,29)/b16-14+. The van der Waals surface area contributed by atoms with Gasteiger partial charge in [-0.1, -0.05) is 6.07 Å². The highest BCUT2D eigenvalue weighted by atomic mass is 28.4. The van der Waals surface area contributed by atoms with E-state index in [0.29, 0.717) is 63.5 Å². The molecule has 0 saturated heterocycles. The summed E-state index contributed by atoms with van der Waals surface area (Å²) in [6.45, 7) is 8.66. The lowest BCUT2D eigenvalue weighted by atomic mass is 10.2. The van der Waals surface area contributed by atoms with Crippen molar-refractivity contribution >= 4 is 26.9 Å². The third kappa shape index (κ3) is 13.5. The van der Waals surface area contributed by atoms with E-state index in [1.807, 2.05) is 26.8 Å². The molecule has 0 aliphatic heterocycles. The molecule has 0 saturated carbocycles. The monoisotopic (exact) mass is 541 g/mol. The number of benzene rings is 1. The average molecular weight is 542 g/mol. The predicted molar refractivity (Wildman–Crippen MR) is 143 cm³/mol.